The van der Waals surface area contributed by atoms with Crippen LogP contribution in [0, 0.1) is 0 Å². The van der Waals surface area contributed by atoms with Gasteiger partial charge in [0.15, 0.2) is 0 Å². The molecule has 0 bridgehead atoms. The molecule has 0 fully saturated rings. The molecule has 0 amide bonds. The number of carboxylic acids is 2. The fourth-order valence-electron chi connectivity index (χ4n) is 5.36. The molecule has 0 aliphatic rings. The van der Waals surface area contributed by atoms with Crippen LogP contribution in [0.3, 0.4) is 0 Å². The van der Waals surface area contributed by atoms with E-state index in [0.717, 1.165) is 17.0 Å². The van der Waals surface area contributed by atoms with E-state index in [9.17, 15) is 19.8 Å². The monoisotopic (exact) mass is 542 g/mol. The Balaban J connectivity index is -0.000000525. The topological polar surface area (TPSA) is 80.3 Å². The average molecular weight is 543 g/mol. The maximum Gasteiger partial charge on any atom is 2.00 e. The van der Waals surface area contributed by atoms with Crippen LogP contribution >= 0.6 is 14.5 Å². The van der Waals surface area contributed by atoms with Crippen molar-refractivity contribution in [1.82, 2.24) is 0 Å². The Hall–Kier alpha value is 0.462. The summed E-state index contributed by atoms with van der Waals surface area (Å²) in [5.41, 5.74) is 2.75. The fourth-order valence-corrected chi connectivity index (χ4v) is 16.1. The molecular weight excluding hydrogens is 497 g/mol. The van der Waals surface area contributed by atoms with Crippen LogP contribution in [0.1, 0.15) is 83.1 Å². The molecule has 0 aliphatic heterocycles. The van der Waals surface area contributed by atoms with Gasteiger partial charge in [0.1, 0.15) is 0 Å². The number of hydrogen-bond acceptors (Lipinski definition) is 4. The molecular formula is C22H46O4P2Pd. The molecule has 0 N–H and O–H groups in total. The van der Waals surface area contributed by atoms with Gasteiger partial charge in [0, 0.05) is 0 Å². The van der Waals surface area contributed by atoms with E-state index in [1.165, 1.54) is 0 Å². The molecule has 0 unspecified atom stereocenters. The largest absolute Gasteiger partial charge is 2.00 e. The maximum absolute atomic E-state index is 11.2. The fraction of sp³-hybridized carbons (Fsp3) is 0.909. The quantitative estimate of drug-likeness (QED) is 0.309. The van der Waals surface area contributed by atoms with Crippen molar-refractivity contribution in [2.24, 2.45) is 0 Å². The summed E-state index contributed by atoms with van der Waals surface area (Å²) < 4.78 is 0. The zero-order chi connectivity index (χ0) is 23.1. The first-order valence-corrected chi connectivity index (χ1v) is 15.0. The van der Waals surface area contributed by atoms with Gasteiger partial charge in [-0.3, -0.25) is 0 Å². The Kier molecular flexibility index (Phi) is 16.2. The van der Waals surface area contributed by atoms with E-state index in [0.29, 0.717) is 0 Å². The van der Waals surface area contributed by atoms with E-state index < -0.39 is 18.5 Å². The molecule has 0 aromatic rings. The first kappa shape index (κ1) is 34.1. The summed E-state index contributed by atoms with van der Waals surface area (Å²) >= 11 is 0. The first-order chi connectivity index (χ1) is 12.5. The molecule has 0 aromatic heterocycles. The van der Waals surface area contributed by atoms with Gasteiger partial charge in [-0.1, -0.05) is 49.5 Å². The van der Waals surface area contributed by atoms with Gasteiger partial charge in [-0.2, -0.15) is 0 Å². The molecule has 0 aromatic carbocycles. The Morgan fingerprint density at radius 1 is 0.621 bits per heavy atom. The van der Waals surface area contributed by atoms with E-state index in [2.05, 4.69) is 41.5 Å². The van der Waals surface area contributed by atoms with Crippen molar-refractivity contribution in [3.63, 3.8) is 0 Å². The van der Waals surface area contributed by atoms with Crippen molar-refractivity contribution < 1.29 is 40.2 Å². The van der Waals surface area contributed by atoms with Gasteiger partial charge in [-0.25, -0.2) is 0 Å². The van der Waals surface area contributed by atoms with Crippen molar-refractivity contribution in [3.8, 4) is 0 Å². The summed E-state index contributed by atoms with van der Waals surface area (Å²) in [5, 5.41) is 22.4. The number of carbonyl (C=O) groups is 2. The molecule has 7 heteroatoms. The van der Waals surface area contributed by atoms with Gasteiger partial charge in [0.25, 0.3) is 0 Å². The van der Waals surface area contributed by atoms with Gasteiger partial charge in [-0.15, -0.1) is 0 Å². The van der Waals surface area contributed by atoms with Crippen LogP contribution in [0.25, 0.3) is 0 Å². The van der Waals surface area contributed by atoms with Gasteiger partial charge in [0.05, 0.1) is 0 Å². The Morgan fingerprint density at radius 3 is 0.897 bits per heavy atom. The first-order valence-electron chi connectivity index (χ1n) is 10.6. The van der Waals surface area contributed by atoms with E-state index in [4.69, 9.17) is 0 Å². The minimum absolute atomic E-state index is 0. The second kappa shape index (κ2) is 13.8. The third kappa shape index (κ3) is 8.49. The second-order valence-corrected chi connectivity index (χ2v) is 21.1. The summed E-state index contributed by atoms with van der Waals surface area (Å²) in [6, 6.07) is 0. The average Bonchev–Trinajstić information content (AvgIpc) is 2.43. The molecule has 0 heterocycles. The van der Waals surface area contributed by atoms with Gasteiger partial charge in [-0.05, 0) is 17.0 Å². The number of rotatable bonds is 10. The second-order valence-electron chi connectivity index (χ2n) is 9.84. The summed E-state index contributed by atoms with van der Waals surface area (Å²) in [5.74, 6) is -2.30. The normalized spacial score (nSPS) is 13.6. The number of carbonyl (C=O) groups excluding carboxylic acids is 2. The molecule has 178 valence electrons. The zero-order valence-corrected chi connectivity index (χ0v) is 24.1. The molecule has 0 saturated heterocycles. The third-order valence-corrected chi connectivity index (χ3v) is 20.4. The molecule has 29 heavy (non-hydrogen) atoms. The Bertz CT molecular complexity index is 439. The van der Waals surface area contributed by atoms with Crippen LogP contribution in [-0.4, -0.2) is 58.2 Å². The van der Waals surface area contributed by atoms with Crippen LogP contribution in [0.4, 0.5) is 0 Å². The molecule has 0 spiro atoms. The third-order valence-electron chi connectivity index (χ3n) is 6.80. The van der Waals surface area contributed by atoms with Crippen molar-refractivity contribution >= 4 is 26.5 Å². The van der Waals surface area contributed by atoms with E-state index in [-0.39, 0.29) is 57.6 Å². The summed E-state index contributed by atoms with van der Waals surface area (Å²) in [6.07, 6.45) is -0.265. The molecule has 4 nitrogen and oxygen atoms in total. The minimum Gasteiger partial charge on any atom is 2.00 e. The molecule has 0 radical (unpaired) electrons. The number of aliphatic carboxylic acids is 2. The van der Waals surface area contributed by atoms with Crippen molar-refractivity contribution in [3.05, 3.63) is 0 Å². The summed E-state index contributed by atoms with van der Waals surface area (Å²) in [7, 11) is 0.262. The van der Waals surface area contributed by atoms with Crippen molar-refractivity contribution in [1.29, 1.82) is 0 Å². The van der Waals surface area contributed by atoms with E-state index in [1.807, 2.05) is 41.5 Å². The number of carboxylic acid groups (broad SMARTS) is 2. The van der Waals surface area contributed by atoms with Gasteiger partial charge < -0.3 is 0 Å². The Morgan fingerprint density at radius 2 is 0.828 bits per heavy atom. The van der Waals surface area contributed by atoms with Gasteiger partial charge in [0.2, 0.25) is 0 Å². The SMILES string of the molecule is CC(C)P(C(C)C)C(C)C.CC(C)P(CC(=O)[O-])(CC(=O)[O-])(C(C)C)C(C)C.[Pd+2]. The zero-order valence-electron chi connectivity index (χ0n) is 20.7. The van der Waals surface area contributed by atoms with Crippen molar-refractivity contribution in [2.75, 3.05) is 12.3 Å². The van der Waals surface area contributed by atoms with Crippen LogP contribution in [0.2, 0.25) is 0 Å². The molecule has 0 atom stereocenters. The Labute approximate surface area is 195 Å². The predicted octanol–water partition coefficient (Wildman–Crippen LogP) is 3.96. The number of hydrogen-bond donors (Lipinski definition) is 0. The molecule has 0 aliphatic carbocycles. The van der Waals surface area contributed by atoms with E-state index >= 15 is 0 Å². The summed E-state index contributed by atoms with van der Waals surface area (Å²) in [6.45, 7) is 22.7. The van der Waals surface area contributed by atoms with Crippen LogP contribution < -0.4 is 10.2 Å². The minimum atomic E-state index is -3.02. The smallest absolute Gasteiger partial charge is 2.00 e. The van der Waals surface area contributed by atoms with Crippen LogP contribution in [-0.2, 0) is 30.0 Å². The standard InChI is InChI=1S/C13H27O4P.C9H21P.Pd/c1-9(2)18(10(3)4,11(5)6,7-12(14)15)8-13(16)17;1-7(2)10(8(3)4)9(5)6;/h9-11H,7-8H2,1-6H3,(H,14,15)(H,16,17);7-9H,1-6H3;/q;;+2/p-2. The van der Waals surface area contributed by atoms with Crippen LogP contribution in [0.15, 0.2) is 0 Å². The molecule has 0 saturated carbocycles. The maximum atomic E-state index is 11.2. The van der Waals surface area contributed by atoms with Crippen LogP contribution in [0.5, 0.6) is 0 Å². The van der Waals surface area contributed by atoms with E-state index in [1.54, 1.807) is 0 Å². The predicted molar refractivity (Wildman–Crippen MR) is 124 cm³/mol. The summed E-state index contributed by atoms with van der Waals surface area (Å²) in [4.78, 5) is 22.4. The molecule has 0 rings (SSSR count). The van der Waals surface area contributed by atoms with Gasteiger partial charge >= 0.3 is 130 Å². The van der Waals surface area contributed by atoms with Crippen molar-refractivity contribution in [2.45, 2.75) is 117 Å².